The number of nitrogens with zero attached hydrogens (tertiary/aromatic N) is 1. The zero-order chi connectivity index (χ0) is 17.8. The van der Waals surface area contributed by atoms with E-state index >= 15 is 0 Å². The number of hydrogen-bond donors (Lipinski definition) is 1. The van der Waals surface area contributed by atoms with E-state index in [0.29, 0.717) is 21.5 Å². The zero-order valence-electron chi connectivity index (χ0n) is 14.3. The molecule has 6 nitrogen and oxygen atoms in total. The molecule has 1 amide bonds. The Morgan fingerprint density at radius 2 is 2.00 bits per heavy atom. The fourth-order valence-electron chi connectivity index (χ4n) is 2.84. The Balaban J connectivity index is 1.57. The molecule has 3 rings (SSSR count). The number of methoxy groups -OCH3 is 1. The van der Waals surface area contributed by atoms with Gasteiger partial charge in [0.25, 0.3) is 5.91 Å². The molecule has 1 aromatic heterocycles. The van der Waals surface area contributed by atoms with E-state index in [9.17, 15) is 9.59 Å². The Morgan fingerprint density at radius 3 is 2.76 bits per heavy atom. The van der Waals surface area contributed by atoms with Crippen LogP contribution in [0.4, 0.5) is 5.13 Å². The number of anilines is 1. The molecular formula is C18H20N2O4S. The fraction of sp³-hybridized carbons (Fsp3) is 0.389. The van der Waals surface area contributed by atoms with Gasteiger partial charge in [0.2, 0.25) is 0 Å². The number of thiazole rings is 1. The predicted molar refractivity (Wildman–Crippen MR) is 95.4 cm³/mol. The first kappa shape index (κ1) is 17.4. The van der Waals surface area contributed by atoms with Gasteiger partial charge < -0.3 is 9.47 Å². The van der Waals surface area contributed by atoms with Crippen molar-refractivity contribution in [2.75, 3.05) is 19.0 Å². The number of carbonyl (C=O) groups excluding carboxylic acids is 2. The summed E-state index contributed by atoms with van der Waals surface area (Å²) in [5, 5.41) is 3.01. The topological polar surface area (TPSA) is 77.5 Å². The van der Waals surface area contributed by atoms with Gasteiger partial charge in [0.05, 0.1) is 12.8 Å². The maximum absolute atomic E-state index is 12.0. The Bertz CT molecular complexity index is 800. The van der Waals surface area contributed by atoms with Crippen LogP contribution in [0.3, 0.4) is 0 Å². The van der Waals surface area contributed by atoms with Crippen molar-refractivity contribution in [1.29, 1.82) is 0 Å². The van der Waals surface area contributed by atoms with Crippen molar-refractivity contribution in [3.05, 3.63) is 39.9 Å². The molecule has 0 radical (unpaired) electrons. The highest BCUT2D eigenvalue weighted by atomic mass is 32.1. The summed E-state index contributed by atoms with van der Waals surface area (Å²) in [7, 11) is 1.31. The van der Waals surface area contributed by atoms with E-state index in [2.05, 4.69) is 21.1 Å². The highest BCUT2D eigenvalue weighted by Crippen LogP contribution is 2.26. The molecule has 7 heteroatoms. The molecule has 0 bridgehead atoms. The number of carbonyl (C=O) groups is 2. The van der Waals surface area contributed by atoms with E-state index in [0.717, 1.165) is 24.2 Å². The average Bonchev–Trinajstić information content (AvgIpc) is 2.99. The second kappa shape index (κ2) is 7.65. The summed E-state index contributed by atoms with van der Waals surface area (Å²) in [6, 6.07) is 6.00. The van der Waals surface area contributed by atoms with Crippen molar-refractivity contribution in [2.24, 2.45) is 0 Å². The van der Waals surface area contributed by atoms with Gasteiger partial charge in [-0.3, -0.25) is 10.1 Å². The molecule has 25 heavy (non-hydrogen) atoms. The summed E-state index contributed by atoms with van der Waals surface area (Å²) in [5.74, 6) is -0.0786. The van der Waals surface area contributed by atoms with Crippen molar-refractivity contribution >= 4 is 28.3 Å². The van der Waals surface area contributed by atoms with E-state index in [1.165, 1.54) is 31.1 Å². The summed E-state index contributed by atoms with van der Waals surface area (Å²) < 4.78 is 10.3. The van der Waals surface area contributed by atoms with Crippen LogP contribution in [-0.2, 0) is 22.4 Å². The Labute approximate surface area is 150 Å². The van der Waals surface area contributed by atoms with E-state index in [1.54, 1.807) is 6.92 Å². The number of ether oxygens (including phenoxy) is 2. The molecule has 0 saturated carbocycles. The Kier molecular flexibility index (Phi) is 5.33. The van der Waals surface area contributed by atoms with Crippen molar-refractivity contribution in [2.45, 2.75) is 32.6 Å². The number of fused-ring (bicyclic) bond motifs is 1. The number of rotatable bonds is 5. The highest BCUT2D eigenvalue weighted by Gasteiger charge is 2.17. The quantitative estimate of drug-likeness (QED) is 0.829. The number of amides is 1. The Hall–Kier alpha value is -2.41. The molecule has 0 spiro atoms. The van der Waals surface area contributed by atoms with Crippen LogP contribution < -0.4 is 10.1 Å². The summed E-state index contributed by atoms with van der Waals surface area (Å²) >= 11 is 1.09. The van der Waals surface area contributed by atoms with Crippen LogP contribution in [0.1, 0.15) is 39.3 Å². The Morgan fingerprint density at radius 1 is 1.24 bits per heavy atom. The number of nitrogens with one attached hydrogen (secondary N) is 1. The van der Waals surface area contributed by atoms with Crippen LogP contribution in [0.2, 0.25) is 0 Å². The maximum atomic E-state index is 12.0. The number of benzene rings is 1. The van der Waals surface area contributed by atoms with Gasteiger partial charge in [0.15, 0.2) is 11.7 Å². The van der Waals surface area contributed by atoms with E-state index < -0.39 is 5.97 Å². The van der Waals surface area contributed by atoms with Crippen LogP contribution in [0.5, 0.6) is 5.75 Å². The number of aryl methyl sites for hydroxylation is 3. The molecule has 0 atom stereocenters. The minimum Gasteiger partial charge on any atom is -0.484 e. The van der Waals surface area contributed by atoms with Crippen molar-refractivity contribution < 1.29 is 19.1 Å². The maximum Gasteiger partial charge on any atom is 0.350 e. The standard InChI is InChI=1S/C18H20N2O4S/c1-11-16(17(22)23-2)25-18(19-11)20-15(21)10-24-14-8-7-12-5-3-4-6-13(12)9-14/h7-9H,3-6,10H2,1-2H3,(H,19,20,21). The van der Waals surface area contributed by atoms with Crippen molar-refractivity contribution in [3.63, 3.8) is 0 Å². The molecular weight excluding hydrogens is 340 g/mol. The zero-order valence-corrected chi connectivity index (χ0v) is 15.1. The molecule has 1 aromatic carbocycles. The monoisotopic (exact) mass is 360 g/mol. The third-order valence-electron chi connectivity index (χ3n) is 4.10. The molecule has 1 aliphatic rings. The molecule has 0 aliphatic heterocycles. The van der Waals surface area contributed by atoms with Gasteiger partial charge in [-0.1, -0.05) is 17.4 Å². The second-order valence-corrected chi connectivity index (χ2v) is 6.90. The lowest BCUT2D eigenvalue weighted by molar-refractivity contribution is -0.118. The minimum absolute atomic E-state index is 0.106. The van der Waals surface area contributed by atoms with Gasteiger partial charge in [0, 0.05) is 0 Å². The second-order valence-electron chi connectivity index (χ2n) is 5.90. The molecule has 1 aliphatic carbocycles. The molecule has 1 heterocycles. The molecule has 2 aromatic rings. The normalized spacial score (nSPS) is 13.0. The first-order valence-corrected chi connectivity index (χ1v) is 8.98. The van der Waals surface area contributed by atoms with Crippen molar-refractivity contribution in [3.8, 4) is 5.75 Å². The predicted octanol–water partition coefficient (Wildman–Crippen LogP) is 3.13. The highest BCUT2D eigenvalue weighted by molar-refractivity contribution is 7.17. The van der Waals surface area contributed by atoms with Crippen LogP contribution in [-0.4, -0.2) is 30.6 Å². The van der Waals surface area contributed by atoms with E-state index in [1.807, 2.05) is 12.1 Å². The van der Waals surface area contributed by atoms with Crippen LogP contribution in [0, 0.1) is 6.92 Å². The van der Waals surface area contributed by atoms with Gasteiger partial charge in [-0.25, -0.2) is 9.78 Å². The lowest BCUT2D eigenvalue weighted by atomic mass is 9.92. The molecule has 0 saturated heterocycles. The van der Waals surface area contributed by atoms with E-state index in [4.69, 9.17) is 4.74 Å². The number of aromatic nitrogens is 1. The lowest BCUT2D eigenvalue weighted by Gasteiger charge is -2.16. The summed E-state index contributed by atoms with van der Waals surface area (Å²) in [4.78, 5) is 28.2. The first-order valence-electron chi connectivity index (χ1n) is 8.17. The molecule has 0 fully saturated rings. The third kappa shape index (κ3) is 4.17. The number of esters is 1. The summed E-state index contributed by atoms with van der Waals surface area (Å²) in [6.07, 6.45) is 4.61. The summed E-state index contributed by atoms with van der Waals surface area (Å²) in [6.45, 7) is 1.59. The fourth-order valence-corrected chi connectivity index (χ4v) is 3.74. The molecule has 132 valence electrons. The first-order chi connectivity index (χ1) is 12.1. The number of hydrogen-bond acceptors (Lipinski definition) is 6. The SMILES string of the molecule is COC(=O)c1sc(NC(=O)COc2ccc3c(c2)CCCC3)nc1C. The third-order valence-corrected chi connectivity index (χ3v) is 5.16. The van der Waals surface area contributed by atoms with Gasteiger partial charge in [-0.15, -0.1) is 0 Å². The largest absolute Gasteiger partial charge is 0.484 e. The molecule has 0 unspecified atom stereocenters. The van der Waals surface area contributed by atoms with Gasteiger partial charge >= 0.3 is 5.97 Å². The summed E-state index contributed by atoms with van der Waals surface area (Å²) in [5.41, 5.74) is 3.21. The van der Waals surface area contributed by atoms with Crippen molar-refractivity contribution in [1.82, 2.24) is 4.98 Å². The minimum atomic E-state index is -0.458. The van der Waals surface area contributed by atoms with Gasteiger partial charge in [0.1, 0.15) is 10.6 Å². The van der Waals surface area contributed by atoms with Crippen LogP contribution >= 0.6 is 11.3 Å². The van der Waals surface area contributed by atoms with Gasteiger partial charge in [-0.2, -0.15) is 0 Å². The van der Waals surface area contributed by atoms with Crippen LogP contribution in [0.25, 0.3) is 0 Å². The smallest absolute Gasteiger partial charge is 0.350 e. The van der Waals surface area contributed by atoms with E-state index in [-0.39, 0.29) is 12.5 Å². The average molecular weight is 360 g/mol. The van der Waals surface area contributed by atoms with Gasteiger partial charge in [-0.05, 0) is 55.9 Å². The lowest BCUT2D eigenvalue weighted by Crippen LogP contribution is -2.20. The molecule has 1 N–H and O–H groups in total. The van der Waals surface area contributed by atoms with Crippen LogP contribution in [0.15, 0.2) is 18.2 Å².